The summed E-state index contributed by atoms with van der Waals surface area (Å²) in [4.78, 5) is 10.7. The molecular formula is C16H15BrO4. The smallest absolute Gasteiger partial charge is 0.307 e. The van der Waals surface area contributed by atoms with Crippen LogP contribution in [0.15, 0.2) is 53.0 Å². The first kappa shape index (κ1) is 15.4. The first-order valence-electron chi connectivity index (χ1n) is 6.45. The van der Waals surface area contributed by atoms with Crippen LogP contribution in [0.2, 0.25) is 0 Å². The summed E-state index contributed by atoms with van der Waals surface area (Å²) in [6.07, 6.45) is -0.00735. The molecule has 0 unspecified atom stereocenters. The average molecular weight is 351 g/mol. The van der Waals surface area contributed by atoms with Gasteiger partial charge in [-0.1, -0.05) is 28.1 Å². The molecule has 110 valence electrons. The van der Waals surface area contributed by atoms with Crippen molar-refractivity contribution in [2.45, 2.75) is 6.42 Å². The Hall–Kier alpha value is -2.01. The summed E-state index contributed by atoms with van der Waals surface area (Å²) in [7, 11) is 0. The van der Waals surface area contributed by atoms with Gasteiger partial charge in [0.2, 0.25) is 0 Å². The minimum atomic E-state index is -0.856. The molecule has 21 heavy (non-hydrogen) atoms. The molecule has 2 aromatic rings. The quantitative estimate of drug-likeness (QED) is 0.776. The summed E-state index contributed by atoms with van der Waals surface area (Å²) in [6, 6.07) is 14.6. The number of carboxylic acids is 1. The van der Waals surface area contributed by atoms with E-state index in [0.29, 0.717) is 24.5 Å². The number of hydrogen-bond donors (Lipinski definition) is 1. The Morgan fingerprint density at radius 2 is 1.67 bits per heavy atom. The van der Waals surface area contributed by atoms with Gasteiger partial charge in [-0.15, -0.1) is 0 Å². The van der Waals surface area contributed by atoms with Gasteiger partial charge in [-0.2, -0.15) is 0 Å². The lowest BCUT2D eigenvalue weighted by Crippen LogP contribution is -2.09. The number of benzene rings is 2. The highest BCUT2D eigenvalue weighted by atomic mass is 79.9. The normalized spacial score (nSPS) is 10.1. The Balaban J connectivity index is 1.78. The van der Waals surface area contributed by atoms with Crippen LogP contribution in [0.4, 0.5) is 0 Å². The molecular weight excluding hydrogens is 336 g/mol. The average Bonchev–Trinajstić information content (AvgIpc) is 2.45. The number of rotatable bonds is 7. The summed E-state index contributed by atoms with van der Waals surface area (Å²) in [6.45, 7) is 0.817. The molecule has 2 rings (SSSR count). The molecule has 0 aromatic heterocycles. The van der Waals surface area contributed by atoms with Gasteiger partial charge in [0.15, 0.2) is 0 Å². The Morgan fingerprint density at radius 3 is 2.33 bits per heavy atom. The lowest BCUT2D eigenvalue weighted by molar-refractivity contribution is -0.136. The number of carboxylic acid groups (broad SMARTS) is 1. The van der Waals surface area contributed by atoms with Crippen LogP contribution in [-0.2, 0) is 11.2 Å². The maximum absolute atomic E-state index is 10.7. The van der Waals surface area contributed by atoms with Gasteiger partial charge in [0.25, 0.3) is 0 Å². The minimum Gasteiger partial charge on any atom is -0.490 e. The molecule has 0 aliphatic carbocycles. The molecule has 0 heterocycles. The maximum atomic E-state index is 10.7. The molecule has 0 amide bonds. The van der Waals surface area contributed by atoms with E-state index in [1.807, 2.05) is 24.3 Å². The monoisotopic (exact) mass is 350 g/mol. The predicted molar refractivity (Wildman–Crippen MR) is 82.9 cm³/mol. The summed E-state index contributed by atoms with van der Waals surface area (Å²) in [5.74, 6) is 0.570. The van der Waals surface area contributed by atoms with Crippen molar-refractivity contribution in [1.29, 1.82) is 0 Å². The molecule has 0 fully saturated rings. The van der Waals surface area contributed by atoms with Crippen molar-refractivity contribution < 1.29 is 19.4 Å². The van der Waals surface area contributed by atoms with Gasteiger partial charge in [-0.25, -0.2) is 0 Å². The first-order chi connectivity index (χ1) is 10.1. The van der Waals surface area contributed by atoms with E-state index in [1.54, 1.807) is 24.3 Å². The highest BCUT2D eigenvalue weighted by Gasteiger charge is 2.02. The largest absolute Gasteiger partial charge is 0.490 e. The standard InChI is InChI=1S/C16H15BrO4/c17-13-4-6-14(7-5-13)20-8-9-21-15-3-1-2-12(10-15)11-16(18)19/h1-7,10H,8-9,11H2,(H,18,19). The number of halogens is 1. The summed E-state index contributed by atoms with van der Waals surface area (Å²) < 4.78 is 12.1. The Labute approximate surface area is 131 Å². The second-order valence-corrected chi connectivity index (χ2v) is 5.28. The van der Waals surface area contributed by atoms with Crippen LogP contribution in [0.5, 0.6) is 11.5 Å². The van der Waals surface area contributed by atoms with E-state index in [2.05, 4.69) is 15.9 Å². The fourth-order valence-electron chi connectivity index (χ4n) is 1.77. The van der Waals surface area contributed by atoms with E-state index < -0.39 is 5.97 Å². The van der Waals surface area contributed by atoms with Crippen LogP contribution < -0.4 is 9.47 Å². The second-order valence-electron chi connectivity index (χ2n) is 4.37. The van der Waals surface area contributed by atoms with Crippen molar-refractivity contribution in [3.05, 3.63) is 58.6 Å². The molecule has 0 saturated heterocycles. The molecule has 4 nitrogen and oxygen atoms in total. The van der Waals surface area contributed by atoms with Gasteiger partial charge in [-0.3, -0.25) is 4.79 Å². The molecule has 0 radical (unpaired) electrons. The highest BCUT2D eigenvalue weighted by Crippen LogP contribution is 2.16. The van der Waals surface area contributed by atoms with Crippen LogP contribution in [0.3, 0.4) is 0 Å². The van der Waals surface area contributed by atoms with Gasteiger partial charge in [-0.05, 0) is 42.0 Å². The highest BCUT2D eigenvalue weighted by molar-refractivity contribution is 9.10. The van der Waals surface area contributed by atoms with Gasteiger partial charge in [0.05, 0.1) is 6.42 Å². The summed E-state index contributed by atoms with van der Waals surface area (Å²) in [5, 5.41) is 8.75. The number of aliphatic carboxylic acids is 1. The fraction of sp³-hybridized carbons (Fsp3) is 0.188. The van der Waals surface area contributed by atoms with E-state index in [9.17, 15) is 4.79 Å². The third-order valence-corrected chi connectivity index (χ3v) is 3.22. The van der Waals surface area contributed by atoms with Crippen molar-refractivity contribution in [2.75, 3.05) is 13.2 Å². The molecule has 0 aliphatic heterocycles. The van der Waals surface area contributed by atoms with E-state index >= 15 is 0 Å². The first-order valence-corrected chi connectivity index (χ1v) is 7.25. The molecule has 0 spiro atoms. The Kier molecular flexibility index (Phi) is 5.63. The number of carbonyl (C=O) groups is 1. The van der Waals surface area contributed by atoms with E-state index in [-0.39, 0.29) is 6.42 Å². The SMILES string of the molecule is O=C(O)Cc1cccc(OCCOc2ccc(Br)cc2)c1. The Bertz CT molecular complexity index is 595. The predicted octanol–water partition coefficient (Wildman–Crippen LogP) is 3.53. The zero-order valence-electron chi connectivity index (χ0n) is 11.3. The van der Waals surface area contributed by atoms with Crippen LogP contribution in [0, 0.1) is 0 Å². The maximum Gasteiger partial charge on any atom is 0.307 e. The van der Waals surface area contributed by atoms with Gasteiger partial charge in [0.1, 0.15) is 24.7 Å². The zero-order chi connectivity index (χ0) is 15.1. The van der Waals surface area contributed by atoms with Gasteiger partial charge < -0.3 is 14.6 Å². The van der Waals surface area contributed by atoms with Crippen molar-refractivity contribution in [3.8, 4) is 11.5 Å². The summed E-state index contributed by atoms with van der Waals surface area (Å²) in [5.41, 5.74) is 0.717. The lowest BCUT2D eigenvalue weighted by Gasteiger charge is -2.09. The molecule has 0 atom stereocenters. The second kappa shape index (κ2) is 7.69. The molecule has 0 saturated carbocycles. The number of ether oxygens (including phenoxy) is 2. The molecule has 2 aromatic carbocycles. The molecule has 1 N–H and O–H groups in total. The van der Waals surface area contributed by atoms with Crippen LogP contribution in [0.25, 0.3) is 0 Å². The van der Waals surface area contributed by atoms with Crippen molar-refractivity contribution in [1.82, 2.24) is 0 Å². The van der Waals surface area contributed by atoms with Crippen molar-refractivity contribution >= 4 is 21.9 Å². The van der Waals surface area contributed by atoms with Crippen molar-refractivity contribution in [2.24, 2.45) is 0 Å². The van der Waals surface area contributed by atoms with Gasteiger partial charge in [0, 0.05) is 4.47 Å². The molecule has 0 aliphatic rings. The molecule has 0 bridgehead atoms. The van der Waals surface area contributed by atoms with E-state index in [0.717, 1.165) is 10.2 Å². The van der Waals surface area contributed by atoms with Crippen LogP contribution in [-0.4, -0.2) is 24.3 Å². The van der Waals surface area contributed by atoms with E-state index in [1.165, 1.54) is 0 Å². The van der Waals surface area contributed by atoms with Crippen LogP contribution in [0.1, 0.15) is 5.56 Å². The van der Waals surface area contributed by atoms with Gasteiger partial charge >= 0.3 is 5.97 Å². The summed E-state index contributed by atoms with van der Waals surface area (Å²) >= 11 is 3.36. The number of hydrogen-bond acceptors (Lipinski definition) is 3. The van der Waals surface area contributed by atoms with Crippen molar-refractivity contribution in [3.63, 3.8) is 0 Å². The third kappa shape index (κ3) is 5.47. The topological polar surface area (TPSA) is 55.8 Å². The minimum absolute atomic E-state index is 0.00735. The van der Waals surface area contributed by atoms with E-state index in [4.69, 9.17) is 14.6 Å². The lowest BCUT2D eigenvalue weighted by atomic mass is 10.1. The van der Waals surface area contributed by atoms with Crippen LogP contribution >= 0.6 is 15.9 Å². The Morgan fingerprint density at radius 1 is 1.00 bits per heavy atom. The third-order valence-electron chi connectivity index (χ3n) is 2.69. The zero-order valence-corrected chi connectivity index (χ0v) is 12.9. The molecule has 5 heteroatoms. The fourth-order valence-corrected chi connectivity index (χ4v) is 2.03.